The number of unbranched alkanes of at least 4 members (excludes halogenated alkanes) is 6. The predicted molar refractivity (Wildman–Crippen MR) is 97.5 cm³/mol. The van der Waals surface area contributed by atoms with E-state index in [2.05, 4.69) is 11.6 Å². The van der Waals surface area contributed by atoms with Gasteiger partial charge in [-0.25, -0.2) is 13.1 Å². The van der Waals surface area contributed by atoms with E-state index in [9.17, 15) is 13.2 Å². The molecule has 1 fully saturated rings. The van der Waals surface area contributed by atoms with Gasteiger partial charge in [0, 0.05) is 5.56 Å². The molecule has 2 rings (SSSR count). The highest BCUT2D eigenvalue weighted by molar-refractivity contribution is 7.91. The van der Waals surface area contributed by atoms with E-state index < -0.39 is 15.9 Å². The van der Waals surface area contributed by atoms with Crippen molar-refractivity contribution in [3.05, 3.63) is 35.4 Å². The zero-order valence-corrected chi connectivity index (χ0v) is 15.4. The van der Waals surface area contributed by atoms with E-state index in [0.29, 0.717) is 18.4 Å². The summed E-state index contributed by atoms with van der Waals surface area (Å²) in [5.41, 5.74) is 1.43. The Morgan fingerprint density at radius 3 is 2.33 bits per heavy atom. The molecule has 24 heavy (non-hydrogen) atoms. The van der Waals surface area contributed by atoms with E-state index in [0.717, 1.165) is 24.8 Å². The fraction of sp³-hybridized carbons (Fsp3) is 0.632. The molecular formula is C19H29NO3S. The summed E-state index contributed by atoms with van der Waals surface area (Å²) >= 11 is 0. The molecule has 1 amide bonds. The Labute approximate surface area is 146 Å². The summed E-state index contributed by atoms with van der Waals surface area (Å²) in [6, 6.07) is 7.33. The van der Waals surface area contributed by atoms with Gasteiger partial charge in [0.15, 0.2) is 0 Å². The van der Waals surface area contributed by atoms with Crippen molar-refractivity contribution in [1.29, 1.82) is 0 Å². The minimum Gasteiger partial charge on any atom is -0.268 e. The highest BCUT2D eigenvalue weighted by Crippen LogP contribution is 2.27. The second kappa shape index (κ2) is 9.21. The first kappa shape index (κ1) is 19.0. The number of aryl methyl sites for hydroxylation is 1. The smallest absolute Gasteiger partial charge is 0.265 e. The lowest BCUT2D eigenvalue weighted by molar-refractivity contribution is 0.0980. The summed E-state index contributed by atoms with van der Waals surface area (Å²) in [5.74, 6) is -0.486. The number of nitrogens with one attached hydrogen (secondary N) is 1. The molecule has 0 bridgehead atoms. The molecule has 1 saturated carbocycles. The maximum atomic E-state index is 12.3. The minimum atomic E-state index is -3.49. The average Bonchev–Trinajstić information content (AvgIpc) is 3.39. The van der Waals surface area contributed by atoms with Crippen LogP contribution >= 0.6 is 0 Å². The number of amides is 1. The molecule has 134 valence electrons. The lowest BCUT2D eigenvalue weighted by Crippen LogP contribution is -2.33. The van der Waals surface area contributed by atoms with Crippen LogP contribution in [0.1, 0.15) is 80.6 Å². The number of benzene rings is 1. The third kappa shape index (κ3) is 5.93. The molecule has 1 aromatic rings. The lowest BCUT2D eigenvalue weighted by atomic mass is 10.00. The van der Waals surface area contributed by atoms with Gasteiger partial charge in [-0.15, -0.1) is 0 Å². The second-order valence-corrected chi connectivity index (χ2v) is 8.66. The maximum absolute atomic E-state index is 12.3. The topological polar surface area (TPSA) is 63.2 Å². The van der Waals surface area contributed by atoms with Crippen molar-refractivity contribution < 1.29 is 13.2 Å². The molecule has 0 unspecified atom stereocenters. The Kier molecular flexibility index (Phi) is 7.28. The van der Waals surface area contributed by atoms with Crippen LogP contribution in [0, 0.1) is 0 Å². The van der Waals surface area contributed by atoms with Gasteiger partial charge in [0.05, 0.1) is 5.25 Å². The van der Waals surface area contributed by atoms with Crippen LogP contribution < -0.4 is 4.72 Å². The summed E-state index contributed by atoms with van der Waals surface area (Å²) in [4.78, 5) is 12.3. The predicted octanol–water partition coefficient (Wildman–Crippen LogP) is 4.20. The van der Waals surface area contributed by atoms with Gasteiger partial charge in [0.25, 0.3) is 5.91 Å². The Morgan fingerprint density at radius 2 is 1.67 bits per heavy atom. The molecular weight excluding hydrogens is 322 g/mol. The monoisotopic (exact) mass is 351 g/mol. The molecule has 0 atom stereocenters. The SMILES string of the molecule is CCCCCCCCCc1ccccc1C(=O)NS(=O)(=O)C1CC1. The van der Waals surface area contributed by atoms with Crippen molar-refractivity contribution in [1.82, 2.24) is 4.72 Å². The van der Waals surface area contributed by atoms with E-state index >= 15 is 0 Å². The third-order valence-electron chi connectivity index (χ3n) is 4.51. The van der Waals surface area contributed by atoms with Crippen LogP contribution in [0.2, 0.25) is 0 Å². The number of rotatable bonds is 11. The lowest BCUT2D eigenvalue weighted by Gasteiger charge is -2.10. The number of hydrogen-bond acceptors (Lipinski definition) is 3. The van der Waals surface area contributed by atoms with Gasteiger partial charge in [-0.2, -0.15) is 0 Å². The van der Waals surface area contributed by atoms with Gasteiger partial charge < -0.3 is 0 Å². The van der Waals surface area contributed by atoms with Crippen LogP contribution in [0.3, 0.4) is 0 Å². The Balaban J connectivity index is 1.84. The van der Waals surface area contributed by atoms with Crippen molar-refractivity contribution >= 4 is 15.9 Å². The first-order valence-electron chi connectivity index (χ1n) is 9.18. The standard InChI is InChI=1S/C19H29NO3S/c1-2-3-4-5-6-7-8-11-16-12-9-10-13-18(16)19(21)20-24(22,23)17-14-15-17/h9-10,12-13,17H,2-8,11,14-15H2,1H3,(H,20,21). The molecule has 1 aromatic carbocycles. The molecule has 4 nitrogen and oxygen atoms in total. The van der Waals surface area contributed by atoms with Gasteiger partial charge in [-0.1, -0.05) is 63.6 Å². The first-order valence-corrected chi connectivity index (χ1v) is 10.7. The quantitative estimate of drug-likeness (QED) is 0.608. The average molecular weight is 352 g/mol. The molecule has 0 saturated heterocycles. The maximum Gasteiger partial charge on any atom is 0.265 e. The van der Waals surface area contributed by atoms with Crippen LogP contribution in [0.15, 0.2) is 24.3 Å². The van der Waals surface area contributed by atoms with E-state index in [1.807, 2.05) is 12.1 Å². The molecule has 0 aliphatic heterocycles. The number of sulfonamides is 1. The number of carbonyl (C=O) groups excluding carboxylic acids is 1. The number of hydrogen-bond donors (Lipinski definition) is 1. The summed E-state index contributed by atoms with van der Waals surface area (Å²) < 4.78 is 26.1. The molecule has 0 spiro atoms. The van der Waals surface area contributed by atoms with E-state index in [1.165, 1.54) is 32.1 Å². The zero-order valence-electron chi connectivity index (χ0n) is 14.6. The van der Waals surface area contributed by atoms with E-state index in [1.54, 1.807) is 12.1 Å². The van der Waals surface area contributed by atoms with Crippen LogP contribution in [-0.4, -0.2) is 19.6 Å². The van der Waals surface area contributed by atoms with Gasteiger partial charge >= 0.3 is 0 Å². The van der Waals surface area contributed by atoms with Gasteiger partial charge in [-0.05, 0) is 37.3 Å². The second-order valence-electron chi connectivity index (χ2n) is 6.70. The van der Waals surface area contributed by atoms with E-state index in [4.69, 9.17) is 0 Å². The summed E-state index contributed by atoms with van der Waals surface area (Å²) in [5, 5.41) is -0.378. The molecule has 5 heteroatoms. The highest BCUT2D eigenvalue weighted by Gasteiger charge is 2.37. The van der Waals surface area contributed by atoms with Crippen molar-refractivity contribution in [2.75, 3.05) is 0 Å². The first-order chi connectivity index (χ1) is 11.5. The third-order valence-corrected chi connectivity index (χ3v) is 6.33. The van der Waals surface area contributed by atoms with Crippen molar-refractivity contribution in [2.45, 2.75) is 76.4 Å². The van der Waals surface area contributed by atoms with Crippen LogP contribution in [-0.2, 0) is 16.4 Å². The summed E-state index contributed by atoms with van der Waals surface area (Å²) in [6.07, 6.45) is 10.7. The molecule has 0 radical (unpaired) electrons. The van der Waals surface area contributed by atoms with Gasteiger partial charge in [0.2, 0.25) is 10.0 Å². The Hall–Kier alpha value is -1.36. The fourth-order valence-electron chi connectivity index (χ4n) is 2.88. The minimum absolute atomic E-state index is 0.378. The van der Waals surface area contributed by atoms with Crippen molar-refractivity contribution in [3.8, 4) is 0 Å². The van der Waals surface area contributed by atoms with Crippen LogP contribution in [0.25, 0.3) is 0 Å². The molecule has 1 N–H and O–H groups in total. The molecule has 1 aliphatic rings. The number of carbonyl (C=O) groups is 1. The summed E-state index contributed by atoms with van der Waals surface area (Å²) in [7, 11) is -3.49. The van der Waals surface area contributed by atoms with Crippen molar-refractivity contribution in [2.24, 2.45) is 0 Å². The Morgan fingerprint density at radius 1 is 1.04 bits per heavy atom. The largest absolute Gasteiger partial charge is 0.268 e. The molecule has 0 aromatic heterocycles. The van der Waals surface area contributed by atoms with Crippen molar-refractivity contribution in [3.63, 3.8) is 0 Å². The summed E-state index contributed by atoms with van der Waals surface area (Å²) in [6.45, 7) is 2.21. The van der Waals surface area contributed by atoms with E-state index in [-0.39, 0.29) is 5.25 Å². The normalized spacial score (nSPS) is 14.5. The Bertz CT molecular complexity index is 636. The van der Waals surface area contributed by atoms with Gasteiger partial charge in [-0.3, -0.25) is 4.79 Å². The van der Waals surface area contributed by atoms with Gasteiger partial charge in [0.1, 0.15) is 0 Å². The zero-order chi connectivity index (χ0) is 17.4. The fourth-order valence-corrected chi connectivity index (χ4v) is 4.17. The van der Waals surface area contributed by atoms with Crippen LogP contribution in [0.5, 0.6) is 0 Å². The van der Waals surface area contributed by atoms with Crippen LogP contribution in [0.4, 0.5) is 0 Å². The molecule has 1 aliphatic carbocycles. The molecule has 0 heterocycles. The highest BCUT2D eigenvalue weighted by atomic mass is 32.2.